The van der Waals surface area contributed by atoms with E-state index < -0.39 is 0 Å². The van der Waals surface area contributed by atoms with E-state index in [1.54, 1.807) is 18.9 Å². The summed E-state index contributed by atoms with van der Waals surface area (Å²) >= 11 is 1.76. The van der Waals surface area contributed by atoms with Crippen LogP contribution in [0.4, 0.5) is 0 Å². The molecule has 0 saturated carbocycles. The third-order valence-corrected chi connectivity index (χ3v) is 4.11. The van der Waals surface area contributed by atoms with Crippen molar-refractivity contribution < 1.29 is 4.74 Å². The number of rotatable bonds is 5. The zero-order valence-corrected chi connectivity index (χ0v) is 12.2. The van der Waals surface area contributed by atoms with Gasteiger partial charge in [-0.2, -0.15) is 0 Å². The van der Waals surface area contributed by atoms with Gasteiger partial charge in [0.05, 0.1) is 7.11 Å². The molecule has 2 rings (SSSR count). The van der Waals surface area contributed by atoms with E-state index in [2.05, 4.69) is 37.3 Å². The maximum Gasteiger partial charge on any atom is 0.119 e. The van der Waals surface area contributed by atoms with Gasteiger partial charge >= 0.3 is 0 Å². The lowest BCUT2D eigenvalue weighted by atomic mass is 10.1. The molecule has 0 unspecified atom stereocenters. The number of hydrogen-bond acceptors (Lipinski definition) is 3. The molecule has 2 nitrogen and oxygen atoms in total. The van der Waals surface area contributed by atoms with Gasteiger partial charge in [-0.15, -0.1) is 0 Å². The fourth-order valence-electron chi connectivity index (χ4n) is 1.94. The first-order chi connectivity index (χ1) is 9.22. The molecule has 2 aromatic rings. The summed E-state index contributed by atoms with van der Waals surface area (Å²) in [5.74, 6) is 0.891. The van der Waals surface area contributed by atoms with Crippen LogP contribution in [0.1, 0.15) is 11.1 Å². The molecule has 19 heavy (non-hydrogen) atoms. The molecule has 0 atom stereocenters. The largest absolute Gasteiger partial charge is 0.497 e. The van der Waals surface area contributed by atoms with Crippen LogP contribution in [0.15, 0.2) is 52.3 Å². The minimum absolute atomic E-state index is 0.696. The Hall–Kier alpha value is -1.45. The zero-order chi connectivity index (χ0) is 13.7. The van der Waals surface area contributed by atoms with Gasteiger partial charge in [0.1, 0.15) is 5.75 Å². The van der Waals surface area contributed by atoms with Gasteiger partial charge < -0.3 is 10.5 Å². The molecule has 3 heteroatoms. The molecule has 0 aliphatic carbocycles. The predicted molar refractivity (Wildman–Crippen MR) is 81.1 cm³/mol. The first kappa shape index (κ1) is 14.0. The highest BCUT2D eigenvalue weighted by Crippen LogP contribution is 2.32. The number of aryl methyl sites for hydroxylation is 1. The van der Waals surface area contributed by atoms with Crippen molar-refractivity contribution in [2.75, 3.05) is 13.7 Å². The molecular weight excluding hydrogens is 254 g/mol. The summed E-state index contributed by atoms with van der Waals surface area (Å²) in [6.45, 7) is 2.84. The second kappa shape index (κ2) is 6.64. The van der Waals surface area contributed by atoms with Crippen LogP contribution in [0.3, 0.4) is 0 Å². The van der Waals surface area contributed by atoms with Crippen LogP contribution in [0, 0.1) is 6.92 Å². The lowest BCUT2D eigenvalue weighted by Gasteiger charge is -2.09. The van der Waals surface area contributed by atoms with Crippen molar-refractivity contribution in [2.24, 2.45) is 5.73 Å². The second-order valence-corrected chi connectivity index (χ2v) is 5.53. The molecule has 0 heterocycles. The van der Waals surface area contributed by atoms with E-state index >= 15 is 0 Å². The molecule has 0 fully saturated rings. The van der Waals surface area contributed by atoms with E-state index in [4.69, 9.17) is 10.5 Å². The molecule has 0 aliphatic heterocycles. The van der Waals surface area contributed by atoms with Crippen LogP contribution in [0.2, 0.25) is 0 Å². The fraction of sp³-hybridized carbons (Fsp3) is 0.250. The number of hydrogen-bond donors (Lipinski definition) is 1. The van der Waals surface area contributed by atoms with Gasteiger partial charge in [0, 0.05) is 9.79 Å². The van der Waals surface area contributed by atoms with E-state index in [-0.39, 0.29) is 0 Å². The molecule has 100 valence electrons. The molecule has 0 bridgehead atoms. The summed E-state index contributed by atoms with van der Waals surface area (Å²) in [6, 6.07) is 14.7. The topological polar surface area (TPSA) is 35.2 Å². The maximum atomic E-state index is 5.59. The van der Waals surface area contributed by atoms with Gasteiger partial charge in [-0.25, -0.2) is 0 Å². The molecule has 0 spiro atoms. The molecule has 0 saturated heterocycles. The van der Waals surface area contributed by atoms with Gasteiger partial charge in [-0.1, -0.05) is 30.0 Å². The highest BCUT2D eigenvalue weighted by atomic mass is 32.2. The van der Waals surface area contributed by atoms with Crippen LogP contribution in [-0.2, 0) is 6.42 Å². The quantitative estimate of drug-likeness (QED) is 0.903. The highest BCUT2D eigenvalue weighted by molar-refractivity contribution is 7.99. The second-order valence-electron chi connectivity index (χ2n) is 4.42. The predicted octanol–water partition coefficient (Wildman–Crippen LogP) is 3.66. The fourth-order valence-corrected chi connectivity index (χ4v) is 2.87. The highest BCUT2D eigenvalue weighted by Gasteiger charge is 2.03. The number of nitrogens with two attached hydrogens (primary N) is 1. The van der Waals surface area contributed by atoms with Crippen molar-refractivity contribution in [1.82, 2.24) is 0 Å². The van der Waals surface area contributed by atoms with Gasteiger partial charge in [0.15, 0.2) is 0 Å². The Labute approximate surface area is 119 Å². The molecule has 0 radical (unpaired) electrons. The first-order valence-corrected chi connectivity index (χ1v) is 7.16. The summed E-state index contributed by atoms with van der Waals surface area (Å²) in [4.78, 5) is 2.46. The molecule has 2 aromatic carbocycles. The van der Waals surface area contributed by atoms with E-state index in [1.807, 2.05) is 12.1 Å². The standard InChI is InChI=1S/C16H19NOS/c1-12-10-13(8-9-17)6-7-16(12)19-15-5-3-4-14(11-15)18-2/h3-7,10-11H,8-9,17H2,1-2H3. The summed E-state index contributed by atoms with van der Waals surface area (Å²) < 4.78 is 5.25. The van der Waals surface area contributed by atoms with Crippen LogP contribution < -0.4 is 10.5 Å². The van der Waals surface area contributed by atoms with Gasteiger partial charge in [-0.05, 0) is 55.3 Å². The third kappa shape index (κ3) is 3.75. The summed E-state index contributed by atoms with van der Waals surface area (Å²) in [7, 11) is 1.69. The van der Waals surface area contributed by atoms with E-state index in [9.17, 15) is 0 Å². The van der Waals surface area contributed by atoms with Crippen molar-refractivity contribution in [1.29, 1.82) is 0 Å². The smallest absolute Gasteiger partial charge is 0.119 e. The average Bonchev–Trinajstić information content (AvgIpc) is 2.42. The molecule has 0 aliphatic rings. The van der Waals surface area contributed by atoms with E-state index in [0.29, 0.717) is 6.54 Å². The molecule has 2 N–H and O–H groups in total. The zero-order valence-electron chi connectivity index (χ0n) is 11.3. The van der Waals surface area contributed by atoms with Crippen molar-refractivity contribution in [3.8, 4) is 5.75 Å². The molecule has 0 aromatic heterocycles. The average molecular weight is 273 g/mol. The van der Waals surface area contributed by atoms with Crippen LogP contribution in [0.25, 0.3) is 0 Å². The summed E-state index contributed by atoms with van der Waals surface area (Å²) in [6.07, 6.45) is 0.935. The SMILES string of the molecule is COc1cccc(Sc2ccc(CCN)cc2C)c1. The Morgan fingerprint density at radius 1 is 1.16 bits per heavy atom. The summed E-state index contributed by atoms with van der Waals surface area (Å²) in [5, 5.41) is 0. The van der Waals surface area contributed by atoms with E-state index in [1.165, 1.54) is 20.9 Å². The Kier molecular flexibility index (Phi) is 4.88. The summed E-state index contributed by atoms with van der Waals surface area (Å²) in [5.41, 5.74) is 8.18. The minimum atomic E-state index is 0.696. The lowest BCUT2D eigenvalue weighted by Crippen LogP contribution is -2.02. The van der Waals surface area contributed by atoms with Gasteiger partial charge in [0.2, 0.25) is 0 Å². The number of methoxy groups -OCH3 is 1. The number of benzene rings is 2. The Balaban J connectivity index is 2.18. The number of ether oxygens (including phenoxy) is 1. The lowest BCUT2D eigenvalue weighted by molar-refractivity contribution is 0.413. The molecule has 0 amide bonds. The Morgan fingerprint density at radius 2 is 2.00 bits per heavy atom. The van der Waals surface area contributed by atoms with Crippen LogP contribution in [-0.4, -0.2) is 13.7 Å². The minimum Gasteiger partial charge on any atom is -0.497 e. The maximum absolute atomic E-state index is 5.59. The first-order valence-electron chi connectivity index (χ1n) is 6.34. The van der Waals surface area contributed by atoms with Crippen molar-refractivity contribution in [3.63, 3.8) is 0 Å². The van der Waals surface area contributed by atoms with E-state index in [0.717, 1.165) is 12.2 Å². The normalized spacial score (nSPS) is 10.5. The van der Waals surface area contributed by atoms with Gasteiger partial charge in [0.25, 0.3) is 0 Å². The third-order valence-electron chi connectivity index (χ3n) is 2.94. The van der Waals surface area contributed by atoms with Crippen molar-refractivity contribution >= 4 is 11.8 Å². The van der Waals surface area contributed by atoms with Crippen LogP contribution in [0.5, 0.6) is 5.75 Å². The van der Waals surface area contributed by atoms with Gasteiger partial charge in [-0.3, -0.25) is 0 Å². The Morgan fingerprint density at radius 3 is 2.68 bits per heavy atom. The van der Waals surface area contributed by atoms with Crippen molar-refractivity contribution in [2.45, 2.75) is 23.1 Å². The van der Waals surface area contributed by atoms with Crippen molar-refractivity contribution in [3.05, 3.63) is 53.6 Å². The molecular formula is C16H19NOS. The monoisotopic (exact) mass is 273 g/mol. The van der Waals surface area contributed by atoms with Crippen LogP contribution >= 0.6 is 11.8 Å². The Bertz CT molecular complexity index is 554.